The third-order valence-electron chi connectivity index (χ3n) is 5.39. The minimum atomic E-state index is 0.000181. The second-order valence-electron chi connectivity index (χ2n) is 8.37. The summed E-state index contributed by atoms with van der Waals surface area (Å²) in [5, 5.41) is 0. The number of ether oxygens (including phenoxy) is 2. The van der Waals surface area contributed by atoms with E-state index < -0.39 is 0 Å². The van der Waals surface area contributed by atoms with Crippen molar-refractivity contribution in [3.05, 3.63) is 57.6 Å². The van der Waals surface area contributed by atoms with Gasteiger partial charge >= 0.3 is 0 Å². The van der Waals surface area contributed by atoms with Crippen LogP contribution in [0.1, 0.15) is 67.0 Å². The number of hydrogen-bond donors (Lipinski definition) is 0. The van der Waals surface area contributed by atoms with E-state index in [1.165, 1.54) is 33.4 Å². The van der Waals surface area contributed by atoms with Gasteiger partial charge in [0.2, 0.25) is 0 Å². The maximum Gasteiger partial charge on any atom is 0.122 e. The molecule has 0 aromatic heterocycles. The van der Waals surface area contributed by atoms with Crippen molar-refractivity contribution in [1.82, 2.24) is 0 Å². The first-order valence-electron chi connectivity index (χ1n) is 9.43. The van der Waals surface area contributed by atoms with Crippen molar-refractivity contribution in [1.29, 1.82) is 0 Å². The number of methoxy groups -OCH3 is 2. The zero-order valence-electron chi connectivity index (χ0n) is 17.9. The highest BCUT2D eigenvalue weighted by Gasteiger charge is 2.26. The molecule has 0 bridgehead atoms. The Morgan fingerprint density at radius 2 is 1.42 bits per heavy atom. The normalized spacial score (nSPS) is 11.8. The maximum atomic E-state index is 5.74. The predicted molar refractivity (Wildman–Crippen MR) is 111 cm³/mol. The lowest BCUT2D eigenvalue weighted by atomic mass is 9.76. The first kappa shape index (κ1) is 20.4. The summed E-state index contributed by atoms with van der Waals surface area (Å²) in [6.07, 6.45) is 0.933. The standard InChI is InChI=1S/C24H34O2/c1-15(2)20-13-23(26-9)19(10-16(20)3)14-24(6,7)21-11-18(5)22(25-8)12-17(21)4/h10-13,15H,14H2,1-9H3. The molecule has 0 N–H and O–H groups in total. The van der Waals surface area contributed by atoms with E-state index in [1.807, 2.05) is 0 Å². The first-order valence-corrected chi connectivity index (χ1v) is 9.43. The number of aryl methyl sites for hydroxylation is 3. The van der Waals surface area contributed by atoms with Gasteiger partial charge in [0.05, 0.1) is 14.2 Å². The Bertz CT molecular complexity index is 785. The molecule has 2 aromatic carbocycles. The molecule has 0 radical (unpaired) electrons. The molecule has 0 saturated carbocycles. The SMILES string of the molecule is COc1cc(C)c(C(C)(C)Cc2cc(C)c(C(C)C)cc2OC)cc1C. The first-order chi connectivity index (χ1) is 12.1. The third-order valence-corrected chi connectivity index (χ3v) is 5.39. The van der Waals surface area contributed by atoms with Crippen LogP contribution in [0.15, 0.2) is 24.3 Å². The lowest BCUT2D eigenvalue weighted by Crippen LogP contribution is -2.22. The van der Waals surface area contributed by atoms with Crippen LogP contribution in [0.25, 0.3) is 0 Å². The van der Waals surface area contributed by atoms with E-state index in [0.717, 1.165) is 17.9 Å². The second kappa shape index (κ2) is 7.73. The van der Waals surface area contributed by atoms with E-state index in [4.69, 9.17) is 9.47 Å². The highest BCUT2D eigenvalue weighted by Crippen LogP contribution is 2.37. The molecular weight excluding hydrogens is 320 g/mol. The average molecular weight is 355 g/mol. The third kappa shape index (κ3) is 4.06. The predicted octanol–water partition coefficient (Wildman–Crippen LogP) is 6.27. The Morgan fingerprint density at radius 3 is 1.96 bits per heavy atom. The van der Waals surface area contributed by atoms with Crippen LogP contribution in [-0.2, 0) is 11.8 Å². The van der Waals surface area contributed by atoms with Gasteiger partial charge in [-0.1, -0.05) is 39.8 Å². The van der Waals surface area contributed by atoms with Crippen LogP contribution in [0.5, 0.6) is 11.5 Å². The van der Waals surface area contributed by atoms with Crippen molar-refractivity contribution in [2.75, 3.05) is 14.2 Å². The topological polar surface area (TPSA) is 18.5 Å². The summed E-state index contributed by atoms with van der Waals surface area (Å²) >= 11 is 0. The van der Waals surface area contributed by atoms with Crippen molar-refractivity contribution in [2.45, 2.75) is 66.2 Å². The molecule has 0 saturated heterocycles. The highest BCUT2D eigenvalue weighted by molar-refractivity contribution is 5.48. The Balaban J connectivity index is 2.47. The highest BCUT2D eigenvalue weighted by atomic mass is 16.5. The zero-order valence-corrected chi connectivity index (χ0v) is 17.9. The van der Waals surface area contributed by atoms with E-state index in [1.54, 1.807) is 14.2 Å². The summed E-state index contributed by atoms with van der Waals surface area (Å²) in [7, 11) is 3.50. The molecular formula is C24H34O2. The molecule has 0 aliphatic heterocycles. The number of hydrogen-bond acceptors (Lipinski definition) is 2. The summed E-state index contributed by atoms with van der Waals surface area (Å²) < 4.78 is 11.2. The van der Waals surface area contributed by atoms with E-state index in [9.17, 15) is 0 Å². The largest absolute Gasteiger partial charge is 0.496 e. The second-order valence-corrected chi connectivity index (χ2v) is 8.37. The minimum Gasteiger partial charge on any atom is -0.496 e. The summed E-state index contributed by atoms with van der Waals surface area (Å²) in [6, 6.07) is 8.95. The molecule has 0 aliphatic rings. The molecule has 2 heteroatoms. The van der Waals surface area contributed by atoms with Crippen LogP contribution in [0, 0.1) is 20.8 Å². The van der Waals surface area contributed by atoms with Crippen LogP contribution in [0.4, 0.5) is 0 Å². The van der Waals surface area contributed by atoms with Gasteiger partial charge in [0.25, 0.3) is 0 Å². The van der Waals surface area contributed by atoms with Crippen molar-refractivity contribution in [2.24, 2.45) is 0 Å². The molecule has 0 aliphatic carbocycles. The van der Waals surface area contributed by atoms with Gasteiger partial charge in [0.1, 0.15) is 11.5 Å². The summed E-state index contributed by atoms with van der Waals surface area (Å²) in [5.41, 5.74) is 7.79. The smallest absolute Gasteiger partial charge is 0.122 e. The quantitative estimate of drug-likeness (QED) is 0.608. The molecule has 2 rings (SSSR count). The van der Waals surface area contributed by atoms with Gasteiger partial charge in [0.15, 0.2) is 0 Å². The van der Waals surface area contributed by atoms with Gasteiger partial charge in [0, 0.05) is 0 Å². The Kier molecular flexibility index (Phi) is 6.05. The van der Waals surface area contributed by atoms with Crippen molar-refractivity contribution in [3.8, 4) is 11.5 Å². The van der Waals surface area contributed by atoms with Crippen LogP contribution >= 0.6 is 0 Å². The fraction of sp³-hybridized carbons (Fsp3) is 0.500. The summed E-state index contributed by atoms with van der Waals surface area (Å²) in [6.45, 7) is 15.6. The van der Waals surface area contributed by atoms with Crippen LogP contribution in [0.3, 0.4) is 0 Å². The molecule has 2 nitrogen and oxygen atoms in total. The van der Waals surface area contributed by atoms with Gasteiger partial charge in [-0.3, -0.25) is 0 Å². The molecule has 0 unspecified atom stereocenters. The Hall–Kier alpha value is -1.96. The van der Waals surface area contributed by atoms with Gasteiger partial charge in [-0.2, -0.15) is 0 Å². The molecule has 0 fully saturated rings. The number of rotatable bonds is 6. The van der Waals surface area contributed by atoms with E-state index in [-0.39, 0.29) is 5.41 Å². The fourth-order valence-corrected chi connectivity index (χ4v) is 4.02. The van der Waals surface area contributed by atoms with Crippen LogP contribution in [-0.4, -0.2) is 14.2 Å². The van der Waals surface area contributed by atoms with Gasteiger partial charge in [-0.05, 0) is 84.0 Å². The Labute approximate surface area is 159 Å². The Morgan fingerprint density at radius 1 is 0.808 bits per heavy atom. The fourth-order valence-electron chi connectivity index (χ4n) is 4.02. The number of benzene rings is 2. The molecule has 0 spiro atoms. The van der Waals surface area contributed by atoms with Crippen molar-refractivity contribution >= 4 is 0 Å². The van der Waals surface area contributed by atoms with E-state index in [0.29, 0.717) is 5.92 Å². The molecule has 0 atom stereocenters. The zero-order chi connectivity index (χ0) is 19.6. The maximum absolute atomic E-state index is 5.74. The molecule has 26 heavy (non-hydrogen) atoms. The molecule has 142 valence electrons. The van der Waals surface area contributed by atoms with Crippen molar-refractivity contribution < 1.29 is 9.47 Å². The lowest BCUT2D eigenvalue weighted by molar-refractivity contribution is 0.400. The van der Waals surface area contributed by atoms with Crippen LogP contribution < -0.4 is 9.47 Å². The van der Waals surface area contributed by atoms with Gasteiger partial charge < -0.3 is 9.47 Å². The van der Waals surface area contributed by atoms with E-state index in [2.05, 4.69) is 72.7 Å². The van der Waals surface area contributed by atoms with Crippen LogP contribution in [0.2, 0.25) is 0 Å². The van der Waals surface area contributed by atoms with Gasteiger partial charge in [-0.25, -0.2) is 0 Å². The lowest BCUT2D eigenvalue weighted by Gasteiger charge is -2.29. The summed E-state index contributed by atoms with van der Waals surface area (Å²) in [4.78, 5) is 0. The average Bonchev–Trinajstić information content (AvgIpc) is 2.55. The molecule has 2 aromatic rings. The monoisotopic (exact) mass is 354 g/mol. The van der Waals surface area contributed by atoms with Crippen molar-refractivity contribution in [3.63, 3.8) is 0 Å². The van der Waals surface area contributed by atoms with E-state index >= 15 is 0 Å². The minimum absolute atomic E-state index is 0.000181. The molecule has 0 heterocycles. The van der Waals surface area contributed by atoms with Gasteiger partial charge in [-0.15, -0.1) is 0 Å². The molecule has 0 amide bonds. The summed E-state index contributed by atoms with van der Waals surface area (Å²) in [5.74, 6) is 2.45.